The van der Waals surface area contributed by atoms with E-state index in [-0.39, 0.29) is 5.75 Å². The van der Waals surface area contributed by atoms with Crippen LogP contribution in [0.4, 0.5) is 0 Å². The number of ether oxygens (including phenoxy) is 1. The van der Waals surface area contributed by atoms with E-state index in [0.29, 0.717) is 34.3 Å². The van der Waals surface area contributed by atoms with E-state index in [1.54, 1.807) is 23.8 Å². The Morgan fingerprint density at radius 3 is 3.06 bits per heavy atom. The number of aromatic hydroxyl groups is 1. The van der Waals surface area contributed by atoms with Crippen molar-refractivity contribution < 1.29 is 9.84 Å². The minimum absolute atomic E-state index is 0.126. The highest BCUT2D eigenvalue weighted by atomic mass is 35.5. The van der Waals surface area contributed by atoms with E-state index in [9.17, 15) is 5.11 Å². The van der Waals surface area contributed by atoms with Crippen LogP contribution in [-0.2, 0) is 11.3 Å². The number of hydrogen-bond donors (Lipinski definition) is 2. The van der Waals surface area contributed by atoms with Gasteiger partial charge in [-0.3, -0.25) is 9.67 Å². The molecule has 0 unspecified atom stereocenters. The molecule has 0 atom stereocenters. The van der Waals surface area contributed by atoms with Crippen LogP contribution in [0.25, 0.3) is 11.4 Å². The lowest BCUT2D eigenvalue weighted by Gasteiger charge is -2.07. The molecule has 7 heteroatoms. The number of nitrogens with one attached hydrogen (secondary N) is 1. The highest BCUT2D eigenvalue weighted by Gasteiger charge is 2.12. The van der Waals surface area contributed by atoms with Gasteiger partial charge in [0, 0.05) is 12.7 Å². The van der Waals surface area contributed by atoms with E-state index in [0.717, 1.165) is 0 Å². The van der Waals surface area contributed by atoms with Gasteiger partial charge in [-0.2, -0.15) is 5.10 Å². The van der Waals surface area contributed by atoms with Gasteiger partial charge < -0.3 is 9.84 Å². The van der Waals surface area contributed by atoms with Crippen molar-refractivity contribution in [3.8, 4) is 17.1 Å². The van der Waals surface area contributed by atoms with E-state index in [1.165, 1.54) is 6.07 Å². The Morgan fingerprint density at radius 1 is 1.56 bits per heavy atom. The Balaban J connectivity index is 2.50. The van der Waals surface area contributed by atoms with Gasteiger partial charge >= 0.3 is 0 Å². The van der Waals surface area contributed by atoms with E-state index in [4.69, 9.17) is 28.6 Å². The fourth-order valence-corrected chi connectivity index (χ4v) is 2.02. The number of rotatable bonds is 4. The zero-order valence-electron chi connectivity index (χ0n) is 9.68. The molecule has 96 valence electrons. The average molecular weight is 286 g/mol. The maximum absolute atomic E-state index is 9.52. The molecule has 1 heterocycles. The minimum Gasteiger partial charge on any atom is -0.508 e. The largest absolute Gasteiger partial charge is 0.508 e. The maximum atomic E-state index is 9.52. The molecular weight excluding hydrogens is 274 g/mol. The second kappa shape index (κ2) is 5.51. The Labute approximate surface area is 114 Å². The number of halogens is 1. The van der Waals surface area contributed by atoms with Crippen LogP contribution in [0, 0.1) is 4.77 Å². The summed E-state index contributed by atoms with van der Waals surface area (Å²) in [6.07, 6.45) is 0. The molecule has 18 heavy (non-hydrogen) atoms. The number of aromatic nitrogens is 3. The number of nitrogens with zero attached hydrogens (tertiary/aromatic N) is 2. The molecule has 2 rings (SSSR count). The van der Waals surface area contributed by atoms with E-state index in [1.807, 2.05) is 0 Å². The molecule has 0 radical (unpaired) electrons. The highest BCUT2D eigenvalue weighted by Crippen LogP contribution is 2.29. The van der Waals surface area contributed by atoms with Gasteiger partial charge in [0.2, 0.25) is 0 Å². The predicted molar refractivity (Wildman–Crippen MR) is 71.4 cm³/mol. The SMILES string of the molecule is COCCn1c(-c2cc(O)ccc2Cl)n[nH]c1=S. The third kappa shape index (κ3) is 2.55. The van der Waals surface area contributed by atoms with Gasteiger partial charge in [-0.25, -0.2) is 0 Å². The summed E-state index contributed by atoms with van der Waals surface area (Å²) in [5, 5.41) is 16.9. The first-order valence-electron chi connectivity index (χ1n) is 5.26. The van der Waals surface area contributed by atoms with Crippen LogP contribution >= 0.6 is 23.8 Å². The lowest BCUT2D eigenvalue weighted by Crippen LogP contribution is -2.06. The lowest BCUT2D eigenvalue weighted by molar-refractivity contribution is 0.187. The molecule has 0 spiro atoms. The van der Waals surface area contributed by atoms with Crippen molar-refractivity contribution >= 4 is 23.8 Å². The lowest BCUT2D eigenvalue weighted by atomic mass is 10.2. The summed E-state index contributed by atoms with van der Waals surface area (Å²) in [5.41, 5.74) is 0.625. The molecule has 0 amide bonds. The van der Waals surface area contributed by atoms with Crippen molar-refractivity contribution in [2.45, 2.75) is 6.54 Å². The van der Waals surface area contributed by atoms with E-state index in [2.05, 4.69) is 10.2 Å². The molecule has 1 aromatic heterocycles. The molecule has 2 N–H and O–H groups in total. The normalized spacial score (nSPS) is 10.8. The fraction of sp³-hybridized carbons (Fsp3) is 0.273. The Bertz CT molecular complexity index is 609. The summed E-state index contributed by atoms with van der Waals surface area (Å²) in [6, 6.07) is 4.69. The summed E-state index contributed by atoms with van der Waals surface area (Å²) in [4.78, 5) is 0. The number of methoxy groups -OCH3 is 1. The minimum atomic E-state index is 0.126. The summed E-state index contributed by atoms with van der Waals surface area (Å²) in [7, 11) is 1.62. The predicted octanol–water partition coefficient (Wildman–Crippen LogP) is 2.61. The number of hydrogen-bond acceptors (Lipinski definition) is 4. The van der Waals surface area contributed by atoms with E-state index < -0.39 is 0 Å². The second-order valence-electron chi connectivity index (χ2n) is 3.66. The van der Waals surface area contributed by atoms with Crippen molar-refractivity contribution in [1.82, 2.24) is 14.8 Å². The molecule has 0 saturated heterocycles. The number of H-pyrrole nitrogens is 1. The number of phenolic OH excluding ortho intramolecular Hbond substituents is 1. The summed E-state index contributed by atoms with van der Waals surface area (Å²) >= 11 is 11.2. The molecule has 0 fully saturated rings. The van der Waals surface area contributed by atoms with Crippen LogP contribution in [0.5, 0.6) is 5.75 Å². The van der Waals surface area contributed by atoms with Crippen LogP contribution in [0.3, 0.4) is 0 Å². The van der Waals surface area contributed by atoms with Crippen LogP contribution in [-0.4, -0.2) is 33.6 Å². The molecule has 0 aliphatic heterocycles. The van der Waals surface area contributed by atoms with Gasteiger partial charge in [0.25, 0.3) is 0 Å². The van der Waals surface area contributed by atoms with Gasteiger partial charge in [-0.1, -0.05) is 11.6 Å². The highest BCUT2D eigenvalue weighted by molar-refractivity contribution is 7.71. The van der Waals surface area contributed by atoms with Crippen LogP contribution < -0.4 is 0 Å². The van der Waals surface area contributed by atoms with E-state index >= 15 is 0 Å². The monoisotopic (exact) mass is 285 g/mol. The van der Waals surface area contributed by atoms with Crippen molar-refractivity contribution in [3.05, 3.63) is 28.0 Å². The summed E-state index contributed by atoms with van der Waals surface area (Å²) < 4.78 is 7.29. The first-order chi connectivity index (χ1) is 8.63. The number of aromatic amines is 1. The molecule has 0 aliphatic rings. The van der Waals surface area contributed by atoms with Gasteiger partial charge in [0.1, 0.15) is 5.75 Å². The standard InChI is InChI=1S/C11H12ClN3O2S/c1-17-5-4-15-10(13-14-11(15)18)8-6-7(16)2-3-9(8)12/h2-3,6,16H,4-5H2,1H3,(H,14,18). The first-order valence-corrected chi connectivity index (χ1v) is 6.05. The topological polar surface area (TPSA) is 63.1 Å². The van der Waals surface area contributed by atoms with Gasteiger partial charge in [0.05, 0.1) is 18.2 Å². The van der Waals surface area contributed by atoms with Gasteiger partial charge in [-0.05, 0) is 30.4 Å². The van der Waals surface area contributed by atoms with Crippen molar-refractivity contribution in [2.24, 2.45) is 0 Å². The quantitative estimate of drug-likeness (QED) is 0.848. The van der Waals surface area contributed by atoms with Crippen molar-refractivity contribution in [3.63, 3.8) is 0 Å². The molecule has 0 saturated carbocycles. The molecular formula is C11H12ClN3O2S. The molecule has 1 aromatic carbocycles. The van der Waals surface area contributed by atoms with Crippen molar-refractivity contribution in [1.29, 1.82) is 0 Å². The zero-order chi connectivity index (χ0) is 13.1. The summed E-state index contributed by atoms with van der Waals surface area (Å²) in [6.45, 7) is 1.07. The molecule has 5 nitrogen and oxygen atoms in total. The third-order valence-electron chi connectivity index (χ3n) is 2.47. The molecule has 0 bridgehead atoms. The number of benzene rings is 1. The molecule has 0 aliphatic carbocycles. The maximum Gasteiger partial charge on any atom is 0.195 e. The van der Waals surface area contributed by atoms with Crippen molar-refractivity contribution in [2.75, 3.05) is 13.7 Å². The number of phenols is 1. The zero-order valence-corrected chi connectivity index (χ0v) is 11.3. The average Bonchev–Trinajstić information content (AvgIpc) is 2.71. The van der Waals surface area contributed by atoms with Gasteiger partial charge in [-0.15, -0.1) is 0 Å². The van der Waals surface area contributed by atoms with Gasteiger partial charge in [0.15, 0.2) is 10.6 Å². The Hall–Kier alpha value is -1.37. The Kier molecular flexibility index (Phi) is 4.00. The Morgan fingerprint density at radius 2 is 2.33 bits per heavy atom. The second-order valence-corrected chi connectivity index (χ2v) is 4.45. The molecule has 2 aromatic rings. The first kappa shape index (κ1) is 13.1. The summed E-state index contributed by atoms with van der Waals surface area (Å²) in [5.74, 6) is 0.708. The van der Waals surface area contributed by atoms with Crippen LogP contribution in [0.2, 0.25) is 5.02 Å². The third-order valence-corrected chi connectivity index (χ3v) is 3.11. The van der Waals surface area contributed by atoms with Crippen LogP contribution in [0.15, 0.2) is 18.2 Å². The fourth-order valence-electron chi connectivity index (χ4n) is 1.60. The van der Waals surface area contributed by atoms with Crippen LogP contribution in [0.1, 0.15) is 0 Å². The smallest absolute Gasteiger partial charge is 0.195 e.